The fourth-order valence-electron chi connectivity index (χ4n) is 3.92. The van der Waals surface area contributed by atoms with Gasteiger partial charge in [0.05, 0.1) is 23.9 Å². The van der Waals surface area contributed by atoms with Gasteiger partial charge in [-0.05, 0) is 44.7 Å². The predicted molar refractivity (Wildman–Crippen MR) is 123 cm³/mol. The highest BCUT2D eigenvalue weighted by molar-refractivity contribution is 5.80. The Morgan fingerprint density at radius 3 is 2.69 bits per heavy atom. The number of aryl methyl sites for hydroxylation is 1. The minimum Gasteiger partial charge on any atom is -0.466 e. The van der Waals surface area contributed by atoms with Crippen LogP contribution in [0.2, 0.25) is 0 Å². The van der Waals surface area contributed by atoms with E-state index in [-0.39, 0.29) is 11.9 Å². The van der Waals surface area contributed by atoms with Gasteiger partial charge in [-0.2, -0.15) is 10.4 Å². The summed E-state index contributed by atoms with van der Waals surface area (Å²) < 4.78 is 6.76. The van der Waals surface area contributed by atoms with E-state index in [4.69, 9.17) is 10.5 Å². The number of nitrogens with two attached hydrogens (primary N) is 1. The van der Waals surface area contributed by atoms with Crippen LogP contribution in [0.4, 0.5) is 5.82 Å². The number of carbonyl (C=O) groups is 1. The molecule has 0 atom stereocenters. The third-order valence-electron chi connectivity index (χ3n) is 5.61. The highest BCUT2D eigenvalue weighted by Crippen LogP contribution is 2.21. The van der Waals surface area contributed by atoms with E-state index in [9.17, 15) is 10.1 Å². The number of guanidine groups is 1. The maximum atomic E-state index is 11.9. The van der Waals surface area contributed by atoms with Crippen LogP contribution < -0.4 is 11.1 Å². The molecule has 9 nitrogen and oxygen atoms in total. The summed E-state index contributed by atoms with van der Waals surface area (Å²) in [6, 6.07) is 11.7. The number of ether oxygens (including phenoxy) is 1. The van der Waals surface area contributed by atoms with Gasteiger partial charge >= 0.3 is 5.97 Å². The number of hydrogen-bond acceptors (Lipinski definition) is 6. The van der Waals surface area contributed by atoms with Crippen molar-refractivity contribution < 1.29 is 9.53 Å². The molecule has 1 aromatic carbocycles. The first-order valence-corrected chi connectivity index (χ1v) is 11.0. The molecule has 9 heteroatoms. The molecule has 2 heterocycles. The average molecular weight is 438 g/mol. The summed E-state index contributed by atoms with van der Waals surface area (Å²) >= 11 is 0. The molecule has 1 saturated heterocycles. The SMILES string of the molecule is CCOC(=O)C1CCN(C(=NC)NCCCc2nn(-c3ccccc3)c(N)c2C#N)CC1. The first kappa shape index (κ1) is 23.1. The molecule has 0 radical (unpaired) electrons. The summed E-state index contributed by atoms with van der Waals surface area (Å²) in [7, 11) is 1.76. The molecule has 3 rings (SSSR count). The Kier molecular flexibility index (Phi) is 8.08. The molecule has 0 spiro atoms. The van der Waals surface area contributed by atoms with E-state index in [1.54, 1.807) is 11.7 Å². The van der Waals surface area contributed by atoms with Crippen LogP contribution in [0.1, 0.15) is 37.4 Å². The molecule has 1 aromatic heterocycles. The molecule has 32 heavy (non-hydrogen) atoms. The number of hydrogen-bond donors (Lipinski definition) is 2. The van der Waals surface area contributed by atoms with Gasteiger partial charge in [-0.25, -0.2) is 4.68 Å². The lowest BCUT2D eigenvalue weighted by atomic mass is 9.97. The van der Waals surface area contributed by atoms with Gasteiger partial charge in [-0.3, -0.25) is 9.79 Å². The van der Waals surface area contributed by atoms with Gasteiger partial charge in [-0.1, -0.05) is 18.2 Å². The largest absolute Gasteiger partial charge is 0.466 e. The number of likely N-dealkylation sites (tertiary alicyclic amines) is 1. The van der Waals surface area contributed by atoms with Crippen LogP contribution >= 0.6 is 0 Å². The molecule has 0 unspecified atom stereocenters. The van der Waals surface area contributed by atoms with Crippen LogP contribution in [-0.2, 0) is 16.0 Å². The normalized spacial score (nSPS) is 14.8. The highest BCUT2D eigenvalue weighted by Gasteiger charge is 2.27. The molecule has 1 aliphatic heterocycles. The Hall–Kier alpha value is -3.54. The topological polar surface area (TPSA) is 122 Å². The lowest BCUT2D eigenvalue weighted by Crippen LogP contribution is -2.47. The first-order valence-electron chi connectivity index (χ1n) is 11.0. The molecular formula is C23H31N7O2. The third kappa shape index (κ3) is 5.38. The van der Waals surface area contributed by atoms with Crippen molar-refractivity contribution in [1.82, 2.24) is 20.0 Å². The number of esters is 1. The molecule has 3 N–H and O–H groups in total. The van der Waals surface area contributed by atoms with Crippen molar-refractivity contribution in [1.29, 1.82) is 5.26 Å². The number of anilines is 1. The third-order valence-corrected chi connectivity index (χ3v) is 5.61. The summed E-state index contributed by atoms with van der Waals surface area (Å²) in [6.07, 6.45) is 2.93. The van der Waals surface area contributed by atoms with E-state index in [1.165, 1.54) is 0 Å². The average Bonchev–Trinajstić information content (AvgIpc) is 3.15. The number of aromatic nitrogens is 2. The van der Waals surface area contributed by atoms with Crippen LogP contribution in [-0.4, -0.2) is 59.9 Å². The summed E-state index contributed by atoms with van der Waals surface area (Å²) in [5.41, 5.74) is 8.13. The number of nitriles is 1. The van der Waals surface area contributed by atoms with Crippen molar-refractivity contribution >= 4 is 17.7 Å². The summed E-state index contributed by atoms with van der Waals surface area (Å²) in [5.74, 6) is 1.06. The smallest absolute Gasteiger partial charge is 0.309 e. The molecule has 0 bridgehead atoms. The van der Waals surface area contributed by atoms with E-state index in [2.05, 4.69) is 26.4 Å². The molecule has 0 amide bonds. The van der Waals surface area contributed by atoms with Crippen molar-refractivity contribution in [2.24, 2.45) is 10.9 Å². The van der Waals surface area contributed by atoms with Crippen molar-refractivity contribution in [2.75, 3.05) is 39.0 Å². The number of aliphatic imine (C=N–C) groups is 1. The summed E-state index contributed by atoms with van der Waals surface area (Å²) in [4.78, 5) is 18.5. The summed E-state index contributed by atoms with van der Waals surface area (Å²) in [6.45, 7) is 4.47. The second-order valence-corrected chi connectivity index (χ2v) is 7.66. The van der Waals surface area contributed by atoms with Gasteiger partial charge in [0, 0.05) is 26.7 Å². The molecule has 1 aliphatic rings. The Bertz CT molecular complexity index is 970. The standard InChI is InChI=1S/C23H31N7O2/c1-3-32-22(31)17-11-14-29(15-12-17)23(26-2)27-13-7-10-20-19(16-24)21(25)30(28-20)18-8-5-4-6-9-18/h4-6,8-9,17H,3,7,10-15,25H2,1-2H3,(H,26,27). The number of piperidine rings is 1. The van der Waals surface area contributed by atoms with E-state index >= 15 is 0 Å². The molecule has 0 saturated carbocycles. The van der Waals surface area contributed by atoms with Crippen LogP contribution in [0.5, 0.6) is 0 Å². The Morgan fingerprint density at radius 2 is 2.06 bits per heavy atom. The highest BCUT2D eigenvalue weighted by atomic mass is 16.5. The Labute approximate surface area is 188 Å². The zero-order chi connectivity index (χ0) is 22.9. The van der Waals surface area contributed by atoms with Crippen molar-refractivity contribution in [3.63, 3.8) is 0 Å². The first-order chi connectivity index (χ1) is 15.6. The van der Waals surface area contributed by atoms with Crippen LogP contribution in [0.15, 0.2) is 35.3 Å². The Balaban J connectivity index is 1.52. The molecule has 1 fully saturated rings. The maximum absolute atomic E-state index is 11.9. The monoisotopic (exact) mass is 437 g/mol. The number of benzene rings is 1. The molecule has 2 aromatic rings. The minimum absolute atomic E-state index is 0.0288. The quantitative estimate of drug-likeness (QED) is 0.294. The zero-order valence-corrected chi connectivity index (χ0v) is 18.8. The van der Waals surface area contributed by atoms with Gasteiger partial charge < -0.3 is 20.7 Å². The molecule has 170 valence electrons. The van der Waals surface area contributed by atoms with Crippen molar-refractivity contribution in [3.8, 4) is 11.8 Å². The number of nitrogen functional groups attached to an aromatic ring is 1. The van der Waals surface area contributed by atoms with Gasteiger partial charge in [0.25, 0.3) is 0 Å². The van der Waals surface area contributed by atoms with E-state index < -0.39 is 0 Å². The molecular weight excluding hydrogens is 406 g/mol. The van der Waals surface area contributed by atoms with Gasteiger partial charge in [0.1, 0.15) is 17.5 Å². The number of carbonyl (C=O) groups excluding carboxylic acids is 1. The fourth-order valence-corrected chi connectivity index (χ4v) is 3.92. The lowest BCUT2D eigenvalue weighted by Gasteiger charge is -2.33. The van der Waals surface area contributed by atoms with E-state index in [0.29, 0.717) is 36.6 Å². The number of nitrogens with zero attached hydrogens (tertiary/aromatic N) is 5. The second-order valence-electron chi connectivity index (χ2n) is 7.66. The van der Waals surface area contributed by atoms with Gasteiger partial charge in [0.15, 0.2) is 5.96 Å². The fraction of sp³-hybridized carbons (Fsp3) is 0.478. The number of rotatable bonds is 7. The van der Waals surface area contributed by atoms with Gasteiger partial charge in [-0.15, -0.1) is 0 Å². The second kappa shape index (κ2) is 11.2. The lowest BCUT2D eigenvalue weighted by molar-refractivity contribution is -0.149. The number of nitrogens with one attached hydrogen (secondary N) is 1. The Morgan fingerprint density at radius 1 is 1.34 bits per heavy atom. The predicted octanol–water partition coefficient (Wildman–Crippen LogP) is 2.11. The van der Waals surface area contributed by atoms with Crippen molar-refractivity contribution in [2.45, 2.75) is 32.6 Å². The molecule has 0 aliphatic carbocycles. The number of para-hydroxylation sites is 1. The zero-order valence-electron chi connectivity index (χ0n) is 18.8. The van der Waals surface area contributed by atoms with Crippen molar-refractivity contribution in [3.05, 3.63) is 41.6 Å². The van der Waals surface area contributed by atoms with E-state index in [1.807, 2.05) is 37.3 Å². The van der Waals surface area contributed by atoms with Crippen LogP contribution in [0.25, 0.3) is 5.69 Å². The maximum Gasteiger partial charge on any atom is 0.309 e. The van der Waals surface area contributed by atoms with E-state index in [0.717, 1.165) is 44.0 Å². The summed E-state index contributed by atoms with van der Waals surface area (Å²) in [5, 5.41) is 17.5. The van der Waals surface area contributed by atoms with Gasteiger partial charge in [0.2, 0.25) is 0 Å². The van der Waals surface area contributed by atoms with Crippen LogP contribution in [0, 0.1) is 17.2 Å². The van der Waals surface area contributed by atoms with Crippen LogP contribution in [0.3, 0.4) is 0 Å². The minimum atomic E-state index is -0.0994.